The molecule has 0 aliphatic carbocycles. The van der Waals surface area contributed by atoms with Gasteiger partial charge in [-0.05, 0) is 64.0 Å². The fourth-order valence-corrected chi connectivity index (χ4v) is 3.93. The lowest BCUT2D eigenvalue weighted by Crippen LogP contribution is -2.33. The van der Waals surface area contributed by atoms with Crippen molar-refractivity contribution in [2.75, 3.05) is 6.54 Å². The van der Waals surface area contributed by atoms with Gasteiger partial charge in [-0.1, -0.05) is 18.2 Å². The normalized spacial score (nSPS) is 16.4. The number of amides is 2. The number of halogens is 1. The molecule has 0 spiro atoms. The van der Waals surface area contributed by atoms with Crippen molar-refractivity contribution < 1.29 is 14.4 Å². The van der Waals surface area contributed by atoms with Crippen molar-refractivity contribution in [3.63, 3.8) is 0 Å². The summed E-state index contributed by atoms with van der Waals surface area (Å²) in [4.78, 5) is 38.9. The van der Waals surface area contributed by atoms with E-state index in [1.54, 1.807) is 18.2 Å². The molecule has 1 fully saturated rings. The molecule has 1 aromatic carbocycles. The third-order valence-corrected chi connectivity index (χ3v) is 5.60. The zero-order chi connectivity index (χ0) is 16.4. The second-order valence-electron chi connectivity index (χ2n) is 4.71. The highest BCUT2D eigenvalue weighted by atomic mass is 127. The summed E-state index contributed by atoms with van der Waals surface area (Å²) >= 11 is 4.51. The standard InChI is InChI=1S/C16H10INO3S2/c17-11-5-3-10(4-6-11)13(19)9-18-15(20)14(23-16(18)21)8-12-2-1-7-22-12/h1-8H,9H2/b14-8-. The Morgan fingerprint density at radius 3 is 2.57 bits per heavy atom. The van der Waals surface area contributed by atoms with Crippen LogP contribution in [0, 0.1) is 3.57 Å². The quantitative estimate of drug-likeness (QED) is 0.393. The van der Waals surface area contributed by atoms with Crippen molar-refractivity contribution in [2.45, 2.75) is 0 Å². The molecule has 0 bridgehead atoms. The molecule has 2 heterocycles. The number of nitrogens with zero attached hydrogens (tertiary/aromatic N) is 1. The summed E-state index contributed by atoms with van der Waals surface area (Å²) < 4.78 is 1.02. The van der Waals surface area contributed by atoms with Crippen LogP contribution in [0.1, 0.15) is 15.2 Å². The summed E-state index contributed by atoms with van der Waals surface area (Å²) in [5.41, 5.74) is 0.492. The molecule has 2 amide bonds. The number of imide groups is 1. The van der Waals surface area contributed by atoms with Gasteiger partial charge < -0.3 is 0 Å². The lowest BCUT2D eigenvalue weighted by atomic mass is 10.1. The van der Waals surface area contributed by atoms with Crippen LogP contribution in [0.4, 0.5) is 4.79 Å². The average Bonchev–Trinajstić information content (AvgIpc) is 3.12. The van der Waals surface area contributed by atoms with Gasteiger partial charge in [-0.15, -0.1) is 11.3 Å². The Kier molecular flexibility index (Phi) is 4.98. The van der Waals surface area contributed by atoms with E-state index in [0.717, 1.165) is 25.1 Å². The molecule has 1 saturated heterocycles. The third-order valence-electron chi connectivity index (χ3n) is 3.16. The van der Waals surface area contributed by atoms with Crippen LogP contribution in [0.2, 0.25) is 0 Å². The van der Waals surface area contributed by atoms with Crippen LogP contribution in [-0.4, -0.2) is 28.4 Å². The lowest BCUT2D eigenvalue weighted by molar-refractivity contribution is -0.122. The van der Waals surface area contributed by atoms with Crippen LogP contribution in [0.3, 0.4) is 0 Å². The molecular formula is C16H10INO3S2. The molecule has 116 valence electrons. The first-order chi connectivity index (χ1) is 11.0. The van der Waals surface area contributed by atoms with E-state index in [1.807, 2.05) is 29.6 Å². The van der Waals surface area contributed by atoms with E-state index in [-0.39, 0.29) is 12.3 Å². The van der Waals surface area contributed by atoms with Crippen molar-refractivity contribution in [1.29, 1.82) is 0 Å². The Balaban J connectivity index is 1.75. The fourth-order valence-electron chi connectivity index (χ4n) is 2.01. The van der Waals surface area contributed by atoms with Gasteiger partial charge in [0.25, 0.3) is 11.1 Å². The number of Topliss-reactive ketones (excluding diaryl/α,β-unsaturated/α-hetero) is 1. The number of hydrogen-bond acceptors (Lipinski definition) is 5. The van der Waals surface area contributed by atoms with Crippen LogP contribution >= 0.6 is 45.7 Å². The molecule has 0 radical (unpaired) electrons. The number of benzene rings is 1. The van der Waals surface area contributed by atoms with Gasteiger partial charge in [0.1, 0.15) is 0 Å². The van der Waals surface area contributed by atoms with Gasteiger partial charge in [0.05, 0.1) is 11.4 Å². The maximum atomic E-state index is 12.3. The summed E-state index contributed by atoms with van der Waals surface area (Å²) in [6, 6.07) is 10.8. The van der Waals surface area contributed by atoms with Crippen molar-refractivity contribution in [3.05, 3.63) is 60.7 Å². The van der Waals surface area contributed by atoms with E-state index >= 15 is 0 Å². The highest BCUT2D eigenvalue weighted by Crippen LogP contribution is 2.33. The van der Waals surface area contributed by atoms with Gasteiger partial charge in [-0.25, -0.2) is 0 Å². The zero-order valence-corrected chi connectivity index (χ0v) is 15.5. The maximum absolute atomic E-state index is 12.3. The Labute approximate surface area is 154 Å². The van der Waals surface area contributed by atoms with Crippen LogP contribution < -0.4 is 0 Å². The molecule has 23 heavy (non-hydrogen) atoms. The summed E-state index contributed by atoms with van der Waals surface area (Å²) in [5, 5.41) is 1.49. The van der Waals surface area contributed by atoms with Crippen LogP contribution in [0.5, 0.6) is 0 Å². The third kappa shape index (κ3) is 3.73. The minimum atomic E-state index is -0.410. The molecule has 2 aromatic rings. The predicted molar refractivity (Wildman–Crippen MR) is 100 cm³/mol. The number of rotatable bonds is 4. The molecule has 0 atom stereocenters. The van der Waals surface area contributed by atoms with E-state index in [9.17, 15) is 14.4 Å². The van der Waals surface area contributed by atoms with E-state index < -0.39 is 11.1 Å². The largest absolute Gasteiger partial charge is 0.293 e. The highest BCUT2D eigenvalue weighted by molar-refractivity contribution is 14.1. The molecular weight excluding hydrogens is 445 g/mol. The van der Waals surface area contributed by atoms with Gasteiger partial charge in [-0.3, -0.25) is 19.3 Å². The van der Waals surface area contributed by atoms with Crippen molar-refractivity contribution in [1.82, 2.24) is 4.90 Å². The van der Waals surface area contributed by atoms with Gasteiger partial charge in [-0.2, -0.15) is 0 Å². The van der Waals surface area contributed by atoms with E-state index in [2.05, 4.69) is 22.6 Å². The monoisotopic (exact) mass is 455 g/mol. The van der Waals surface area contributed by atoms with Gasteiger partial charge in [0, 0.05) is 14.0 Å². The van der Waals surface area contributed by atoms with E-state index in [0.29, 0.717) is 10.5 Å². The first-order valence-electron chi connectivity index (χ1n) is 6.62. The van der Waals surface area contributed by atoms with Crippen LogP contribution in [-0.2, 0) is 4.79 Å². The van der Waals surface area contributed by atoms with Gasteiger partial charge in [0.2, 0.25) is 0 Å². The second kappa shape index (κ2) is 6.98. The number of thiophene rings is 1. The predicted octanol–water partition coefficient (Wildman–Crippen LogP) is 4.27. The molecule has 3 rings (SSSR count). The Morgan fingerprint density at radius 1 is 1.17 bits per heavy atom. The smallest absolute Gasteiger partial charge is 0.292 e. The highest BCUT2D eigenvalue weighted by Gasteiger charge is 2.36. The number of carbonyl (C=O) groups is 3. The molecule has 1 aliphatic rings. The molecule has 4 nitrogen and oxygen atoms in total. The zero-order valence-electron chi connectivity index (χ0n) is 11.7. The molecule has 1 aromatic heterocycles. The summed E-state index contributed by atoms with van der Waals surface area (Å²) in [5.74, 6) is -0.659. The maximum Gasteiger partial charge on any atom is 0.293 e. The first kappa shape index (κ1) is 16.4. The minimum Gasteiger partial charge on any atom is -0.292 e. The molecule has 7 heteroatoms. The summed E-state index contributed by atoms with van der Waals surface area (Å²) in [6.07, 6.45) is 1.69. The van der Waals surface area contributed by atoms with Crippen LogP contribution in [0.25, 0.3) is 6.08 Å². The lowest BCUT2D eigenvalue weighted by Gasteiger charge is -2.11. The van der Waals surface area contributed by atoms with Crippen LogP contribution in [0.15, 0.2) is 46.7 Å². The van der Waals surface area contributed by atoms with Gasteiger partial charge >= 0.3 is 0 Å². The van der Waals surface area contributed by atoms with Crippen molar-refractivity contribution in [2.24, 2.45) is 0 Å². The average molecular weight is 455 g/mol. The fraction of sp³-hybridized carbons (Fsp3) is 0.0625. The molecule has 0 unspecified atom stereocenters. The molecule has 0 N–H and O–H groups in total. The number of carbonyl (C=O) groups excluding carboxylic acids is 3. The topological polar surface area (TPSA) is 54.5 Å². The van der Waals surface area contributed by atoms with E-state index in [4.69, 9.17) is 0 Å². The Bertz CT molecular complexity index is 797. The number of ketones is 1. The Hall–Kier alpha value is -1.45. The summed E-state index contributed by atoms with van der Waals surface area (Å²) in [7, 11) is 0. The van der Waals surface area contributed by atoms with Gasteiger partial charge in [0.15, 0.2) is 5.78 Å². The Morgan fingerprint density at radius 2 is 1.91 bits per heavy atom. The molecule has 0 saturated carbocycles. The SMILES string of the molecule is O=C(CN1C(=O)S/C(=C\c2cccs2)C1=O)c1ccc(I)cc1. The van der Waals surface area contributed by atoms with Crippen molar-refractivity contribution >= 4 is 68.7 Å². The second-order valence-corrected chi connectivity index (χ2v) is 7.93. The number of hydrogen-bond donors (Lipinski definition) is 0. The first-order valence-corrected chi connectivity index (χ1v) is 9.40. The van der Waals surface area contributed by atoms with Crippen molar-refractivity contribution in [3.8, 4) is 0 Å². The molecule has 1 aliphatic heterocycles. The number of thioether (sulfide) groups is 1. The summed E-state index contributed by atoms with van der Waals surface area (Å²) in [6.45, 7) is -0.229. The van der Waals surface area contributed by atoms with E-state index in [1.165, 1.54) is 11.3 Å². The minimum absolute atomic E-state index is 0.229.